The fraction of sp³-hybridized carbons (Fsp3) is 0.250. The molecule has 0 aliphatic rings. The van der Waals surface area contributed by atoms with Crippen molar-refractivity contribution in [3.8, 4) is 0 Å². The lowest BCUT2D eigenvalue weighted by Gasteiger charge is -2.28. The van der Waals surface area contributed by atoms with Crippen molar-refractivity contribution in [2.75, 3.05) is 10.6 Å². The molecule has 3 rings (SSSR count). The highest BCUT2D eigenvalue weighted by Gasteiger charge is 2.14. The van der Waals surface area contributed by atoms with Gasteiger partial charge in [-0.3, -0.25) is 0 Å². The summed E-state index contributed by atoms with van der Waals surface area (Å²) in [5.41, 5.74) is 8.83. The number of rotatable bonds is 4. The van der Waals surface area contributed by atoms with E-state index >= 15 is 0 Å². The van der Waals surface area contributed by atoms with Gasteiger partial charge in [-0.1, -0.05) is 18.2 Å². The molecule has 5 heteroatoms. The summed E-state index contributed by atoms with van der Waals surface area (Å²) in [6.07, 6.45) is 3.68. The van der Waals surface area contributed by atoms with E-state index in [9.17, 15) is 0 Å². The highest BCUT2D eigenvalue weighted by molar-refractivity contribution is 5.52. The molecule has 0 aliphatic heterocycles. The zero-order valence-electron chi connectivity index (χ0n) is 12.3. The summed E-state index contributed by atoms with van der Waals surface area (Å²) in [6, 6.07) is 12.2. The summed E-state index contributed by atoms with van der Waals surface area (Å²) in [7, 11) is 0. The third kappa shape index (κ3) is 2.67. The standard InChI is InChI=1S/C16H19N5/c1-12(2)20(11-13-5-3-4-6-14(13)17)15-8-10-21-16(19-15)7-9-18-21/h3-10,12H,11,17H2,1-2H3. The van der Waals surface area contributed by atoms with Crippen LogP contribution in [0.2, 0.25) is 0 Å². The van der Waals surface area contributed by atoms with E-state index in [1.54, 1.807) is 10.7 Å². The lowest BCUT2D eigenvalue weighted by molar-refractivity contribution is 0.672. The van der Waals surface area contributed by atoms with Gasteiger partial charge < -0.3 is 10.6 Å². The second-order valence-corrected chi connectivity index (χ2v) is 5.34. The molecule has 5 nitrogen and oxygen atoms in total. The van der Waals surface area contributed by atoms with Gasteiger partial charge in [0.2, 0.25) is 0 Å². The highest BCUT2D eigenvalue weighted by Crippen LogP contribution is 2.21. The number of hydrogen-bond donors (Lipinski definition) is 1. The highest BCUT2D eigenvalue weighted by atomic mass is 15.3. The van der Waals surface area contributed by atoms with Crippen LogP contribution >= 0.6 is 0 Å². The maximum atomic E-state index is 6.06. The molecule has 0 unspecified atom stereocenters. The maximum absolute atomic E-state index is 6.06. The Bertz CT molecular complexity index is 747. The molecule has 0 bridgehead atoms. The molecule has 108 valence electrons. The smallest absolute Gasteiger partial charge is 0.157 e. The Hall–Kier alpha value is -2.56. The Morgan fingerprint density at radius 2 is 2.00 bits per heavy atom. The van der Waals surface area contributed by atoms with E-state index in [1.807, 2.05) is 36.5 Å². The molecule has 0 amide bonds. The molecule has 0 aliphatic carbocycles. The summed E-state index contributed by atoms with van der Waals surface area (Å²) >= 11 is 0. The van der Waals surface area contributed by atoms with Gasteiger partial charge in [0.05, 0.1) is 6.20 Å². The van der Waals surface area contributed by atoms with Crippen LogP contribution < -0.4 is 10.6 Å². The van der Waals surface area contributed by atoms with Crippen LogP contribution in [0.5, 0.6) is 0 Å². The van der Waals surface area contributed by atoms with Gasteiger partial charge in [-0.05, 0) is 31.5 Å². The minimum Gasteiger partial charge on any atom is -0.398 e. The number of nitrogen functional groups attached to an aromatic ring is 1. The molecule has 1 aromatic carbocycles. The van der Waals surface area contributed by atoms with Crippen molar-refractivity contribution in [3.63, 3.8) is 0 Å². The van der Waals surface area contributed by atoms with Crippen molar-refractivity contribution < 1.29 is 0 Å². The molecule has 2 heterocycles. The molecule has 0 saturated carbocycles. The number of para-hydroxylation sites is 1. The summed E-state index contributed by atoms with van der Waals surface area (Å²) in [4.78, 5) is 6.90. The Morgan fingerprint density at radius 3 is 2.76 bits per heavy atom. The van der Waals surface area contributed by atoms with Gasteiger partial charge in [-0.15, -0.1) is 0 Å². The van der Waals surface area contributed by atoms with Crippen molar-refractivity contribution in [1.82, 2.24) is 14.6 Å². The molecule has 0 fully saturated rings. The number of anilines is 2. The summed E-state index contributed by atoms with van der Waals surface area (Å²) < 4.78 is 1.76. The minimum atomic E-state index is 0.322. The van der Waals surface area contributed by atoms with Crippen LogP contribution in [0.25, 0.3) is 5.65 Å². The van der Waals surface area contributed by atoms with Crippen LogP contribution in [-0.2, 0) is 6.54 Å². The van der Waals surface area contributed by atoms with Crippen molar-refractivity contribution in [2.24, 2.45) is 0 Å². The minimum absolute atomic E-state index is 0.322. The molecule has 0 saturated heterocycles. The SMILES string of the molecule is CC(C)N(Cc1ccccc1N)c1ccn2nccc2n1. The van der Waals surface area contributed by atoms with E-state index in [4.69, 9.17) is 5.73 Å². The fourth-order valence-electron chi connectivity index (χ4n) is 2.35. The summed E-state index contributed by atoms with van der Waals surface area (Å²) in [5, 5.41) is 4.18. The molecule has 0 atom stereocenters. The fourth-order valence-corrected chi connectivity index (χ4v) is 2.35. The van der Waals surface area contributed by atoms with Crippen LogP contribution in [-0.4, -0.2) is 20.6 Å². The monoisotopic (exact) mass is 281 g/mol. The Kier molecular flexibility index (Phi) is 3.48. The van der Waals surface area contributed by atoms with Crippen LogP contribution in [0.3, 0.4) is 0 Å². The third-order valence-electron chi connectivity index (χ3n) is 3.56. The van der Waals surface area contributed by atoms with Gasteiger partial charge in [-0.2, -0.15) is 5.10 Å². The molecular formula is C16H19N5. The Balaban J connectivity index is 1.95. The van der Waals surface area contributed by atoms with E-state index in [2.05, 4.69) is 34.9 Å². The Morgan fingerprint density at radius 1 is 1.19 bits per heavy atom. The average Bonchev–Trinajstić information content (AvgIpc) is 2.93. The van der Waals surface area contributed by atoms with Gasteiger partial charge in [0.25, 0.3) is 0 Å². The van der Waals surface area contributed by atoms with Crippen LogP contribution in [0, 0.1) is 0 Å². The molecule has 21 heavy (non-hydrogen) atoms. The van der Waals surface area contributed by atoms with Crippen molar-refractivity contribution in [3.05, 3.63) is 54.4 Å². The van der Waals surface area contributed by atoms with E-state index in [0.717, 1.165) is 29.3 Å². The van der Waals surface area contributed by atoms with E-state index in [0.29, 0.717) is 6.04 Å². The second kappa shape index (κ2) is 5.44. The van der Waals surface area contributed by atoms with Crippen LogP contribution in [0.4, 0.5) is 11.5 Å². The van der Waals surface area contributed by atoms with E-state index in [1.165, 1.54) is 0 Å². The third-order valence-corrected chi connectivity index (χ3v) is 3.56. The zero-order chi connectivity index (χ0) is 14.8. The molecule has 0 spiro atoms. The van der Waals surface area contributed by atoms with Gasteiger partial charge in [0.1, 0.15) is 5.82 Å². The summed E-state index contributed by atoms with van der Waals surface area (Å²) in [6.45, 7) is 5.05. The first-order chi connectivity index (χ1) is 10.1. The van der Waals surface area contributed by atoms with Gasteiger partial charge >= 0.3 is 0 Å². The average molecular weight is 281 g/mol. The first-order valence-electron chi connectivity index (χ1n) is 7.05. The number of hydrogen-bond acceptors (Lipinski definition) is 4. The molecule has 0 radical (unpaired) electrons. The predicted octanol–water partition coefficient (Wildman–Crippen LogP) is 2.73. The van der Waals surface area contributed by atoms with Crippen molar-refractivity contribution in [2.45, 2.75) is 26.4 Å². The van der Waals surface area contributed by atoms with Crippen LogP contribution in [0.1, 0.15) is 19.4 Å². The van der Waals surface area contributed by atoms with Gasteiger partial charge in [-0.25, -0.2) is 9.50 Å². The van der Waals surface area contributed by atoms with E-state index < -0.39 is 0 Å². The largest absolute Gasteiger partial charge is 0.398 e. The van der Waals surface area contributed by atoms with Gasteiger partial charge in [0.15, 0.2) is 5.65 Å². The molecule has 3 aromatic rings. The van der Waals surface area contributed by atoms with Crippen LogP contribution in [0.15, 0.2) is 48.8 Å². The number of nitrogens with zero attached hydrogens (tertiary/aromatic N) is 4. The maximum Gasteiger partial charge on any atom is 0.157 e. The first kappa shape index (κ1) is 13.4. The second-order valence-electron chi connectivity index (χ2n) is 5.34. The number of aromatic nitrogens is 3. The molecular weight excluding hydrogens is 262 g/mol. The normalized spacial score (nSPS) is 11.2. The van der Waals surface area contributed by atoms with Crippen molar-refractivity contribution in [1.29, 1.82) is 0 Å². The lowest BCUT2D eigenvalue weighted by Crippen LogP contribution is -2.31. The lowest BCUT2D eigenvalue weighted by atomic mass is 10.1. The quantitative estimate of drug-likeness (QED) is 0.747. The predicted molar refractivity (Wildman–Crippen MR) is 85.2 cm³/mol. The molecule has 2 N–H and O–H groups in total. The number of nitrogens with two attached hydrogens (primary N) is 1. The van der Waals surface area contributed by atoms with Gasteiger partial charge in [0, 0.05) is 30.5 Å². The Labute approximate surface area is 124 Å². The molecule has 2 aromatic heterocycles. The number of fused-ring (bicyclic) bond motifs is 1. The first-order valence-corrected chi connectivity index (χ1v) is 7.05. The number of benzene rings is 1. The summed E-state index contributed by atoms with van der Waals surface area (Å²) in [5.74, 6) is 0.932. The zero-order valence-corrected chi connectivity index (χ0v) is 12.3. The van der Waals surface area contributed by atoms with Crippen molar-refractivity contribution >= 4 is 17.2 Å². The van der Waals surface area contributed by atoms with E-state index in [-0.39, 0.29) is 0 Å². The topological polar surface area (TPSA) is 59.5 Å².